The van der Waals surface area contributed by atoms with E-state index in [1.807, 2.05) is 47.9 Å². The Labute approximate surface area is 198 Å². The van der Waals surface area contributed by atoms with Crippen molar-refractivity contribution in [1.29, 1.82) is 0 Å². The van der Waals surface area contributed by atoms with Crippen molar-refractivity contribution in [2.45, 2.75) is 24.4 Å². The monoisotopic (exact) mass is 478 g/mol. The maximum absolute atomic E-state index is 13.8. The van der Waals surface area contributed by atoms with Gasteiger partial charge in [0, 0.05) is 23.6 Å². The summed E-state index contributed by atoms with van der Waals surface area (Å²) in [6.07, 6.45) is 3.37. The molecule has 0 saturated carbocycles. The summed E-state index contributed by atoms with van der Waals surface area (Å²) in [4.78, 5) is 8.50. The van der Waals surface area contributed by atoms with E-state index in [2.05, 4.69) is 20.2 Å². The molecule has 0 amide bonds. The van der Waals surface area contributed by atoms with Crippen LogP contribution in [0.1, 0.15) is 19.3 Å². The van der Waals surface area contributed by atoms with Crippen LogP contribution in [0.2, 0.25) is 0 Å². The molecule has 3 aromatic heterocycles. The number of aromatic nitrogens is 6. The predicted molar refractivity (Wildman–Crippen MR) is 126 cm³/mol. The Kier molecular flexibility index (Phi) is 6.22. The molecule has 0 radical (unpaired) electrons. The highest BCUT2D eigenvalue weighted by Crippen LogP contribution is 2.32. The van der Waals surface area contributed by atoms with Crippen LogP contribution < -0.4 is 4.74 Å². The van der Waals surface area contributed by atoms with Crippen molar-refractivity contribution in [3.63, 3.8) is 0 Å². The quantitative estimate of drug-likeness (QED) is 0.264. The molecular weight excluding hydrogens is 458 g/mol. The van der Waals surface area contributed by atoms with Crippen LogP contribution >= 0.6 is 11.8 Å². The van der Waals surface area contributed by atoms with Crippen LogP contribution in [0, 0.1) is 0 Å². The normalized spacial score (nSPS) is 11.4. The minimum atomic E-state index is -2.70. The summed E-state index contributed by atoms with van der Waals surface area (Å²) in [5, 5.41) is 9.32. The Balaban J connectivity index is 1.53. The van der Waals surface area contributed by atoms with Crippen LogP contribution in [0.3, 0.4) is 0 Å². The van der Waals surface area contributed by atoms with E-state index in [0.717, 1.165) is 21.6 Å². The summed E-state index contributed by atoms with van der Waals surface area (Å²) < 4.78 is 36.1. The van der Waals surface area contributed by atoms with E-state index in [9.17, 15) is 8.78 Å². The van der Waals surface area contributed by atoms with Gasteiger partial charge in [0.2, 0.25) is 0 Å². The van der Waals surface area contributed by atoms with Crippen LogP contribution in [0.4, 0.5) is 8.78 Å². The second-order valence-corrected chi connectivity index (χ2v) is 8.20. The van der Waals surface area contributed by atoms with E-state index in [4.69, 9.17) is 4.74 Å². The fourth-order valence-electron chi connectivity index (χ4n) is 3.69. The number of para-hydroxylation sites is 2. The minimum Gasteiger partial charge on any atom is -0.494 e. The molecule has 5 rings (SSSR count). The summed E-state index contributed by atoms with van der Waals surface area (Å²) in [6, 6.07) is 18.2. The molecule has 10 heteroatoms. The second kappa shape index (κ2) is 9.60. The smallest absolute Gasteiger partial charge is 0.320 e. The highest BCUT2D eigenvalue weighted by atomic mass is 32.2. The number of imidazole rings is 1. The number of thioether (sulfide) groups is 1. The topological polar surface area (TPSA) is 70.7 Å². The molecular formula is C24H20F2N6OS. The molecule has 0 N–H and O–H groups in total. The van der Waals surface area contributed by atoms with Gasteiger partial charge in [0.15, 0.2) is 11.0 Å². The molecule has 0 bridgehead atoms. The molecule has 7 nitrogen and oxygen atoms in total. The molecule has 0 fully saturated rings. The summed E-state index contributed by atoms with van der Waals surface area (Å²) in [5.74, 6) is 1.85. The van der Waals surface area contributed by atoms with Gasteiger partial charge < -0.3 is 4.74 Å². The first-order valence-corrected chi connectivity index (χ1v) is 11.6. The number of hydrogen-bond acceptors (Lipinski definition) is 6. The van der Waals surface area contributed by atoms with Crippen molar-refractivity contribution in [3.8, 4) is 22.8 Å². The maximum Gasteiger partial charge on any atom is 0.320 e. The van der Waals surface area contributed by atoms with Crippen LogP contribution in [0.5, 0.6) is 5.75 Å². The third-order valence-corrected chi connectivity index (χ3v) is 6.10. The Morgan fingerprint density at radius 3 is 2.47 bits per heavy atom. The number of alkyl halides is 2. The summed E-state index contributed by atoms with van der Waals surface area (Å²) in [5.41, 5.74) is 2.59. The summed E-state index contributed by atoms with van der Waals surface area (Å²) in [6.45, 7) is -0.198. The first kappa shape index (κ1) is 22.0. The van der Waals surface area contributed by atoms with Crippen LogP contribution in [-0.2, 0) is 5.75 Å². The zero-order valence-electron chi connectivity index (χ0n) is 18.2. The molecule has 0 aliphatic heterocycles. The van der Waals surface area contributed by atoms with Gasteiger partial charge in [-0.05, 0) is 55.5 Å². The molecule has 3 heterocycles. The number of rotatable bonds is 8. The Morgan fingerprint density at radius 1 is 0.971 bits per heavy atom. The van der Waals surface area contributed by atoms with Crippen molar-refractivity contribution in [2.24, 2.45) is 0 Å². The number of halogens is 2. The minimum absolute atomic E-state index is 0.199. The SMILES string of the molecule is CCOc1ccc(-n2c(SCc3nc4ccccc4n3C(F)F)nnc2-c2ccncc2)cc1. The van der Waals surface area contributed by atoms with Crippen LogP contribution in [-0.4, -0.2) is 35.9 Å². The number of nitrogens with zero attached hydrogens (tertiary/aromatic N) is 6. The molecule has 0 unspecified atom stereocenters. The molecule has 0 saturated heterocycles. The molecule has 0 atom stereocenters. The third-order valence-electron chi connectivity index (χ3n) is 5.17. The molecule has 0 aliphatic rings. The maximum atomic E-state index is 13.8. The molecule has 0 spiro atoms. The number of benzene rings is 2. The summed E-state index contributed by atoms with van der Waals surface area (Å²) in [7, 11) is 0. The van der Waals surface area contributed by atoms with Crippen LogP contribution in [0.25, 0.3) is 28.1 Å². The van der Waals surface area contributed by atoms with Gasteiger partial charge in [0.1, 0.15) is 11.6 Å². The van der Waals surface area contributed by atoms with E-state index in [0.29, 0.717) is 28.6 Å². The zero-order chi connectivity index (χ0) is 23.5. The number of ether oxygens (including phenoxy) is 1. The highest BCUT2D eigenvalue weighted by Gasteiger charge is 2.21. The molecule has 0 aliphatic carbocycles. The van der Waals surface area contributed by atoms with Crippen molar-refractivity contribution in [2.75, 3.05) is 6.61 Å². The van der Waals surface area contributed by atoms with E-state index < -0.39 is 6.55 Å². The van der Waals surface area contributed by atoms with E-state index in [-0.39, 0.29) is 11.6 Å². The van der Waals surface area contributed by atoms with Gasteiger partial charge in [-0.1, -0.05) is 23.9 Å². The largest absolute Gasteiger partial charge is 0.494 e. The standard InChI is InChI=1S/C24H20F2N6OS/c1-2-33-18-9-7-17(8-10-18)31-22(16-11-13-27-14-12-16)29-30-24(31)34-15-21-28-19-5-3-4-6-20(19)32(21)23(25)26/h3-14,23H,2,15H2,1H3. The number of hydrogen-bond donors (Lipinski definition) is 0. The highest BCUT2D eigenvalue weighted by molar-refractivity contribution is 7.98. The average molecular weight is 479 g/mol. The third kappa shape index (κ3) is 4.24. The molecule has 172 valence electrons. The Bertz CT molecular complexity index is 1400. The van der Waals surface area contributed by atoms with Gasteiger partial charge in [-0.3, -0.25) is 14.1 Å². The molecule has 2 aromatic carbocycles. The van der Waals surface area contributed by atoms with Crippen molar-refractivity contribution in [1.82, 2.24) is 29.3 Å². The van der Waals surface area contributed by atoms with Gasteiger partial charge in [-0.25, -0.2) is 4.98 Å². The lowest BCUT2D eigenvalue weighted by molar-refractivity contribution is 0.0722. The van der Waals surface area contributed by atoms with Crippen molar-refractivity contribution >= 4 is 22.8 Å². The molecule has 34 heavy (non-hydrogen) atoms. The van der Waals surface area contributed by atoms with Gasteiger partial charge in [0.25, 0.3) is 0 Å². The Morgan fingerprint density at radius 2 is 1.74 bits per heavy atom. The first-order chi connectivity index (χ1) is 16.7. The summed E-state index contributed by atoms with van der Waals surface area (Å²) >= 11 is 1.30. The predicted octanol–water partition coefficient (Wildman–Crippen LogP) is 5.77. The van der Waals surface area contributed by atoms with Crippen molar-refractivity contribution in [3.05, 3.63) is 78.9 Å². The fourth-order valence-corrected chi connectivity index (χ4v) is 4.57. The van der Waals surface area contributed by atoms with Gasteiger partial charge >= 0.3 is 6.55 Å². The zero-order valence-corrected chi connectivity index (χ0v) is 19.0. The lowest BCUT2D eigenvalue weighted by Gasteiger charge is -2.12. The fraction of sp³-hybridized carbons (Fsp3) is 0.167. The van der Waals surface area contributed by atoms with E-state index in [1.54, 1.807) is 36.7 Å². The molecule has 5 aromatic rings. The average Bonchev–Trinajstić information content (AvgIpc) is 3.45. The lowest BCUT2D eigenvalue weighted by atomic mass is 10.2. The lowest BCUT2D eigenvalue weighted by Crippen LogP contribution is -2.04. The van der Waals surface area contributed by atoms with E-state index >= 15 is 0 Å². The first-order valence-electron chi connectivity index (χ1n) is 10.6. The Hall–Kier alpha value is -3.79. The van der Waals surface area contributed by atoms with Crippen molar-refractivity contribution < 1.29 is 13.5 Å². The number of pyridine rings is 1. The van der Waals surface area contributed by atoms with Crippen LogP contribution in [0.15, 0.2) is 78.2 Å². The van der Waals surface area contributed by atoms with Gasteiger partial charge in [-0.2, -0.15) is 8.78 Å². The van der Waals surface area contributed by atoms with E-state index in [1.165, 1.54) is 11.8 Å². The second-order valence-electron chi connectivity index (χ2n) is 7.26. The number of fused-ring (bicyclic) bond motifs is 1. The van der Waals surface area contributed by atoms with Gasteiger partial charge in [0.05, 0.1) is 23.4 Å². The van der Waals surface area contributed by atoms with Gasteiger partial charge in [-0.15, -0.1) is 10.2 Å².